The first-order valence-electron chi connectivity index (χ1n) is 31.5. The Balaban J connectivity index is 0.925. The van der Waals surface area contributed by atoms with E-state index in [9.17, 15) is 0 Å². The van der Waals surface area contributed by atoms with Gasteiger partial charge in [0.2, 0.25) is 0 Å². The fourth-order valence-corrected chi connectivity index (χ4v) is 16.9. The van der Waals surface area contributed by atoms with Crippen LogP contribution >= 0.6 is 0 Å². The lowest BCUT2D eigenvalue weighted by molar-refractivity contribution is 0.669. The topological polar surface area (TPSA) is 33.4 Å². The molecule has 7 heteroatoms. The van der Waals surface area contributed by atoms with Crippen LogP contribution in [0.5, 0.6) is 0 Å². The fraction of sp³-hybridized carbons (Fsp3) is 0. The second-order valence-corrected chi connectivity index (χ2v) is 25.1. The van der Waals surface area contributed by atoms with E-state index < -0.39 is 0 Å². The first-order chi connectivity index (χ1) is 45.2. The Morgan fingerprint density at radius 3 is 1.20 bits per heavy atom. The summed E-state index contributed by atoms with van der Waals surface area (Å²) >= 11 is 0. The molecule has 0 saturated carbocycles. The number of furan rings is 1. The van der Waals surface area contributed by atoms with Crippen LogP contribution in [0.2, 0.25) is 0 Å². The van der Waals surface area contributed by atoms with E-state index in [1.165, 1.54) is 126 Å². The van der Waals surface area contributed by atoms with E-state index >= 15 is 0 Å². The SMILES string of the molecule is c1ccc(-c2ccc(N3c4cc5c(cc4B4c6cc7c8cccc9c%10ccccc%10n(c7cc6N(c6ccc(-c7ccccc7)cc6)c6cc(-n7c%10ccccc%10c%10ccc%11oc%12ccccc%12c%11c%107)cc3c64)c98)c3cccc4c6ccccc6n5c43)cc2)cc1. The van der Waals surface area contributed by atoms with Crippen molar-refractivity contribution in [1.29, 1.82) is 0 Å². The second kappa shape index (κ2) is 17.4. The van der Waals surface area contributed by atoms with Gasteiger partial charge >= 0.3 is 0 Å². The standard InChI is InChI=1S/C84H48BN5O/c1-3-17-49(18-4-1)51-33-37-53(38-34-51)86-74-47-72-65(61-27-15-25-59-56-21-8-12-30-70(56)89(72)82(59)61)45-67(74)85-68-46-66-62-28-16-26-60-57-22-9-13-31-71(57)90(83(60)62)73(66)48-75(68)87(54-39-35-52(36-40-54)50-19-5-2-6-20-50)77-44-55(43-76(86)81(77)85)88-69-29-11-7-23-58(69)63-41-42-79-80(84(63)88)64-24-10-14-32-78(64)91-79/h1-48H. The molecule has 0 N–H and O–H groups in total. The van der Waals surface area contributed by atoms with Crippen LogP contribution in [0.4, 0.5) is 34.1 Å². The van der Waals surface area contributed by atoms with E-state index in [0.717, 1.165) is 72.8 Å². The molecule has 0 unspecified atom stereocenters. The highest BCUT2D eigenvalue weighted by Crippen LogP contribution is 2.51. The molecule has 91 heavy (non-hydrogen) atoms. The molecule has 0 radical (unpaired) electrons. The first-order valence-corrected chi connectivity index (χ1v) is 31.5. The predicted octanol–water partition coefficient (Wildman–Crippen LogP) is 20.4. The van der Waals surface area contributed by atoms with Crippen LogP contribution in [0, 0.1) is 0 Å². The van der Waals surface area contributed by atoms with E-state index in [0.29, 0.717) is 0 Å². The molecule has 0 saturated heterocycles. The number of nitrogens with zero attached hydrogens (tertiary/aromatic N) is 5. The van der Waals surface area contributed by atoms with Crippen molar-refractivity contribution in [1.82, 2.24) is 13.4 Å². The molecule has 0 aliphatic carbocycles. The number of fused-ring (bicyclic) bond motifs is 23. The lowest BCUT2D eigenvalue weighted by Crippen LogP contribution is -2.61. The third-order valence-corrected chi connectivity index (χ3v) is 20.6. The summed E-state index contributed by atoms with van der Waals surface area (Å²) in [5.41, 5.74) is 27.6. The summed E-state index contributed by atoms with van der Waals surface area (Å²) in [5, 5.41) is 14.7. The number of hydrogen-bond acceptors (Lipinski definition) is 3. The van der Waals surface area contributed by atoms with Crippen LogP contribution in [0.1, 0.15) is 0 Å². The van der Waals surface area contributed by atoms with E-state index in [2.05, 4.69) is 314 Å². The maximum atomic E-state index is 6.79. The number of para-hydroxylation sites is 6. The molecule has 6 nitrogen and oxygen atoms in total. The van der Waals surface area contributed by atoms with E-state index in [-0.39, 0.29) is 6.71 Å². The van der Waals surface area contributed by atoms with Crippen LogP contribution in [0.3, 0.4) is 0 Å². The smallest absolute Gasteiger partial charge is 0.252 e. The van der Waals surface area contributed by atoms with E-state index in [4.69, 9.17) is 4.42 Å². The van der Waals surface area contributed by atoms with Gasteiger partial charge in [0.1, 0.15) is 11.2 Å². The monoisotopic (exact) mass is 1150 g/mol. The van der Waals surface area contributed by atoms with Gasteiger partial charge in [-0.15, -0.1) is 0 Å². The van der Waals surface area contributed by atoms with Gasteiger partial charge in [-0.25, -0.2) is 0 Å². The van der Waals surface area contributed by atoms with Gasteiger partial charge in [0.15, 0.2) is 0 Å². The van der Waals surface area contributed by atoms with Crippen molar-refractivity contribution in [3.63, 3.8) is 0 Å². The molecule has 6 aromatic heterocycles. The van der Waals surface area contributed by atoms with Gasteiger partial charge in [0, 0.05) is 93.4 Å². The average Bonchev–Trinajstić information content (AvgIpc) is 1.66. The molecular formula is C84H48BN5O. The van der Waals surface area contributed by atoms with Crippen LogP contribution in [0.25, 0.3) is 148 Å². The van der Waals surface area contributed by atoms with Crippen LogP contribution in [0.15, 0.2) is 296 Å². The lowest BCUT2D eigenvalue weighted by Gasteiger charge is -2.44. The summed E-state index contributed by atoms with van der Waals surface area (Å²) in [5.74, 6) is 0. The van der Waals surface area contributed by atoms with E-state index in [1.54, 1.807) is 0 Å². The minimum Gasteiger partial charge on any atom is -0.456 e. The van der Waals surface area contributed by atoms with Gasteiger partial charge in [0.05, 0.1) is 55.2 Å². The van der Waals surface area contributed by atoms with Gasteiger partial charge in [-0.3, -0.25) is 0 Å². The summed E-state index contributed by atoms with van der Waals surface area (Å²) in [6.45, 7) is -0.200. The Bertz CT molecular complexity index is 6220. The quantitative estimate of drug-likeness (QED) is 0.161. The van der Waals surface area contributed by atoms with Gasteiger partial charge in [-0.2, -0.15) is 0 Å². The number of benzene rings is 14. The number of anilines is 6. The zero-order valence-corrected chi connectivity index (χ0v) is 48.9. The van der Waals surface area contributed by atoms with E-state index in [1.807, 2.05) is 0 Å². The Morgan fingerprint density at radius 2 is 0.670 bits per heavy atom. The maximum absolute atomic E-state index is 6.79. The van der Waals surface area contributed by atoms with Crippen molar-refractivity contribution >= 4 is 177 Å². The number of rotatable bonds is 5. The largest absolute Gasteiger partial charge is 0.456 e. The molecule has 20 aromatic rings. The minimum atomic E-state index is -0.200. The summed E-state index contributed by atoms with van der Waals surface area (Å²) in [6, 6.07) is 109. The van der Waals surface area contributed by atoms with Crippen LogP contribution in [-0.4, -0.2) is 20.1 Å². The van der Waals surface area contributed by atoms with Crippen LogP contribution < -0.4 is 26.2 Å². The fourth-order valence-electron chi connectivity index (χ4n) is 16.9. The average molecular weight is 1150 g/mol. The Morgan fingerprint density at radius 1 is 0.253 bits per heavy atom. The second-order valence-electron chi connectivity index (χ2n) is 25.1. The van der Waals surface area contributed by atoms with Gasteiger partial charge in [-0.05, 0) is 124 Å². The number of hydrogen-bond donors (Lipinski definition) is 0. The molecular weight excluding hydrogens is 1110 g/mol. The molecule has 0 amide bonds. The summed E-state index contributed by atoms with van der Waals surface area (Å²) in [7, 11) is 0. The van der Waals surface area contributed by atoms with Crippen LogP contribution in [-0.2, 0) is 0 Å². The first kappa shape index (κ1) is 48.0. The molecule has 418 valence electrons. The third kappa shape index (κ3) is 6.22. The molecule has 0 atom stereocenters. The maximum Gasteiger partial charge on any atom is 0.252 e. The summed E-state index contributed by atoms with van der Waals surface area (Å²) in [4.78, 5) is 5.22. The normalized spacial score (nSPS) is 13.2. The van der Waals surface area contributed by atoms with Gasteiger partial charge in [-0.1, -0.05) is 206 Å². The summed E-state index contributed by atoms with van der Waals surface area (Å²) in [6.07, 6.45) is 0. The van der Waals surface area contributed by atoms with Crippen molar-refractivity contribution < 1.29 is 4.42 Å². The molecule has 8 heterocycles. The van der Waals surface area contributed by atoms with Crippen molar-refractivity contribution in [2.45, 2.75) is 0 Å². The lowest BCUT2D eigenvalue weighted by atomic mass is 9.33. The highest BCUT2D eigenvalue weighted by atomic mass is 16.3. The van der Waals surface area contributed by atoms with Gasteiger partial charge < -0.3 is 27.6 Å². The van der Waals surface area contributed by atoms with Crippen molar-refractivity contribution in [2.75, 3.05) is 9.80 Å². The molecule has 2 aliphatic heterocycles. The molecule has 14 aromatic carbocycles. The molecule has 0 fully saturated rings. The van der Waals surface area contributed by atoms with Crippen molar-refractivity contribution in [3.8, 4) is 27.9 Å². The molecule has 22 rings (SSSR count). The molecule has 0 bridgehead atoms. The third-order valence-electron chi connectivity index (χ3n) is 20.6. The number of aromatic nitrogens is 3. The minimum absolute atomic E-state index is 0.200. The Hall–Kier alpha value is -12.1. The van der Waals surface area contributed by atoms with Crippen molar-refractivity contribution in [2.24, 2.45) is 0 Å². The predicted molar refractivity (Wildman–Crippen MR) is 382 cm³/mol. The zero-order valence-electron chi connectivity index (χ0n) is 48.9. The highest BCUT2D eigenvalue weighted by Gasteiger charge is 2.45. The molecule has 2 aliphatic rings. The zero-order chi connectivity index (χ0) is 58.9. The van der Waals surface area contributed by atoms with Gasteiger partial charge in [0.25, 0.3) is 6.71 Å². The Labute approximate surface area is 520 Å². The van der Waals surface area contributed by atoms with Crippen molar-refractivity contribution in [3.05, 3.63) is 291 Å². The molecule has 0 spiro atoms. The highest BCUT2D eigenvalue weighted by molar-refractivity contribution is 7.00. The Kier molecular flexibility index (Phi) is 9.17. The summed E-state index contributed by atoms with van der Waals surface area (Å²) < 4.78 is 14.4.